The van der Waals surface area contributed by atoms with Gasteiger partial charge in [-0.05, 0) is 31.4 Å². The molecule has 4 heteroatoms. The summed E-state index contributed by atoms with van der Waals surface area (Å²) in [4.78, 5) is 8.46. The summed E-state index contributed by atoms with van der Waals surface area (Å²) in [7, 11) is 0. The second-order valence-electron chi connectivity index (χ2n) is 4.47. The first kappa shape index (κ1) is 9.78. The molecule has 0 atom stereocenters. The molecule has 0 aromatic carbocycles. The van der Waals surface area contributed by atoms with E-state index in [1.54, 1.807) is 6.20 Å². The molecule has 1 fully saturated rings. The lowest BCUT2D eigenvalue weighted by Gasteiger charge is -2.25. The van der Waals surface area contributed by atoms with E-state index >= 15 is 0 Å². The van der Waals surface area contributed by atoms with Gasteiger partial charge in [-0.3, -0.25) is 4.40 Å². The standard InChI is InChI=1S/C12H16N4/c1-3-10(4-1)7-13-8-11-9-15-12-14-5-2-6-16(11)12/h2,5-6,9-10,13H,1,3-4,7-8H2. The molecule has 1 aliphatic carbocycles. The Morgan fingerprint density at radius 1 is 1.38 bits per heavy atom. The maximum absolute atomic E-state index is 4.26. The molecule has 3 rings (SSSR count). The van der Waals surface area contributed by atoms with E-state index < -0.39 is 0 Å². The summed E-state index contributed by atoms with van der Waals surface area (Å²) in [5.41, 5.74) is 1.18. The monoisotopic (exact) mass is 216 g/mol. The SMILES string of the molecule is c1cnc2ncc(CNCC3CCC3)n2c1. The number of nitrogens with one attached hydrogen (secondary N) is 1. The van der Waals surface area contributed by atoms with E-state index in [4.69, 9.17) is 0 Å². The molecule has 84 valence electrons. The number of hydrogen-bond acceptors (Lipinski definition) is 3. The molecule has 0 saturated heterocycles. The maximum Gasteiger partial charge on any atom is 0.233 e. The first-order valence-electron chi connectivity index (χ1n) is 5.91. The van der Waals surface area contributed by atoms with Crippen molar-refractivity contribution in [3.63, 3.8) is 0 Å². The highest BCUT2D eigenvalue weighted by Crippen LogP contribution is 2.25. The van der Waals surface area contributed by atoms with Gasteiger partial charge >= 0.3 is 0 Å². The largest absolute Gasteiger partial charge is 0.311 e. The van der Waals surface area contributed by atoms with Gasteiger partial charge in [0.05, 0.1) is 11.9 Å². The van der Waals surface area contributed by atoms with Crippen LogP contribution in [0.15, 0.2) is 24.7 Å². The molecular formula is C12H16N4. The molecule has 2 heterocycles. The Balaban J connectivity index is 1.64. The fraction of sp³-hybridized carbons (Fsp3) is 0.500. The van der Waals surface area contributed by atoms with E-state index in [9.17, 15) is 0 Å². The van der Waals surface area contributed by atoms with Crippen LogP contribution in [-0.2, 0) is 6.54 Å². The first-order chi connectivity index (χ1) is 7.93. The van der Waals surface area contributed by atoms with E-state index in [1.165, 1.54) is 25.0 Å². The minimum absolute atomic E-state index is 0.781. The quantitative estimate of drug-likeness (QED) is 0.844. The Morgan fingerprint density at radius 2 is 2.31 bits per heavy atom. The maximum atomic E-state index is 4.26. The predicted molar refractivity (Wildman–Crippen MR) is 62.0 cm³/mol. The average Bonchev–Trinajstić information content (AvgIpc) is 2.65. The summed E-state index contributed by atoms with van der Waals surface area (Å²) in [5.74, 6) is 1.68. The Hall–Kier alpha value is -1.42. The Kier molecular flexibility index (Phi) is 2.58. The van der Waals surface area contributed by atoms with E-state index in [1.807, 2.05) is 22.9 Å². The summed E-state index contributed by atoms with van der Waals surface area (Å²) in [5, 5.41) is 3.49. The molecule has 0 amide bonds. The van der Waals surface area contributed by atoms with Crippen LogP contribution in [0.1, 0.15) is 25.0 Å². The summed E-state index contributed by atoms with van der Waals surface area (Å²) in [6, 6.07) is 1.93. The van der Waals surface area contributed by atoms with Crippen molar-refractivity contribution < 1.29 is 0 Å². The van der Waals surface area contributed by atoms with Crippen LogP contribution in [0, 0.1) is 5.92 Å². The number of hydrogen-bond donors (Lipinski definition) is 1. The average molecular weight is 216 g/mol. The molecule has 0 spiro atoms. The molecule has 0 radical (unpaired) electrons. The van der Waals surface area contributed by atoms with Crippen molar-refractivity contribution in [1.29, 1.82) is 0 Å². The van der Waals surface area contributed by atoms with Gasteiger partial charge in [0, 0.05) is 18.9 Å². The van der Waals surface area contributed by atoms with Gasteiger partial charge in [-0.2, -0.15) is 0 Å². The Morgan fingerprint density at radius 3 is 3.12 bits per heavy atom. The van der Waals surface area contributed by atoms with Crippen LogP contribution >= 0.6 is 0 Å². The molecule has 0 bridgehead atoms. The van der Waals surface area contributed by atoms with Crippen LogP contribution in [-0.4, -0.2) is 20.9 Å². The molecular weight excluding hydrogens is 200 g/mol. The van der Waals surface area contributed by atoms with E-state index in [2.05, 4.69) is 15.3 Å². The first-order valence-corrected chi connectivity index (χ1v) is 5.91. The summed E-state index contributed by atoms with van der Waals surface area (Å²) in [6.45, 7) is 2.01. The van der Waals surface area contributed by atoms with E-state index in [0.717, 1.165) is 24.8 Å². The normalized spacial score (nSPS) is 16.5. The molecule has 2 aromatic heterocycles. The molecule has 0 unspecified atom stereocenters. The minimum atomic E-state index is 0.781. The van der Waals surface area contributed by atoms with Gasteiger partial charge in [0.2, 0.25) is 5.78 Å². The zero-order valence-corrected chi connectivity index (χ0v) is 9.26. The predicted octanol–water partition coefficient (Wildman–Crippen LogP) is 1.62. The van der Waals surface area contributed by atoms with Gasteiger partial charge in [0.25, 0.3) is 0 Å². The van der Waals surface area contributed by atoms with E-state index in [-0.39, 0.29) is 0 Å². The highest BCUT2D eigenvalue weighted by atomic mass is 15.1. The molecule has 0 aliphatic heterocycles. The fourth-order valence-corrected chi connectivity index (χ4v) is 2.11. The third kappa shape index (κ3) is 1.80. The zero-order chi connectivity index (χ0) is 10.8. The molecule has 2 aromatic rings. The van der Waals surface area contributed by atoms with Crippen LogP contribution in [0.4, 0.5) is 0 Å². The molecule has 1 aliphatic rings. The molecule has 1 N–H and O–H groups in total. The van der Waals surface area contributed by atoms with Crippen molar-refractivity contribution in [1.82, 2.24) is 19.7 Å². The van der Waals surface area contributed by atoms with Crippen molar-refractivity contribution in [2.45, 2.75) is 25.8 Å². The van der Waals surface area contributed by atoms with Crippen LogP contribution < -0.4 is 5.32 Å². The lowest BCUT2D eigenvalue weighted by molar-refractivity contribution is 0.301. The van der Waals surface area contributed by atoms with Crippen LogP contribution in [0.5, 0.6) is 0 Å². The van der Waals surface area contributed by atoms with Crippen LogP contribution in [0.2, 0.25) is 0 Å². The summed E-state index contributed by atoms with van der Waals surface area (Å²) < 4.78 is 2.04. The van der Waals surface area contributed by atoms with E-state index in [0.29, 0.717) is 0 Å². The number of imidazole rings is 1. The lowest BCUT2D eigenvalue weighted by Crippen LogP contribution is -2.27. The number of nitrogens with zero attached hydrogens (tertiary/aromatic N) is 3. The van der Waals surface area contributed by atoms with Gasteiger partial charge in [-0.15, -0.1) is 0 Å². The highest BCUT2D eigenvalue weighted by molar-refractivity contribution is 5.30. The molecule has 4 nitrogen and oxygen atoms in total. The van der Waals surface area contributed by atoms with Gasteiger partial charge in [-0.1, -0.05) is 6.42 Å². The van der Waals surface area contributed by atoms with Crippen molar-refractivity contribution in [2.75, 3.05) is 6.54 Å². The third-order valence-electron chi connectivity index (χ3n) is 3.33. The highest BCUT2D eigenvalue weighted by Gasteiger charge is 2.16. The van der Waals surface area contributed by atoms with Crippen LogP contribution in [0.3, 0.4) is 0 Å². The zero-order valence-electron chi connectivity index (χ0n) is 9.26. The molecule has 1 saturated carbocycles. The second kappa shape index (κ2) is 4.22. The molecule has 16 heavy (non-hydrogen) atoms. The van der Waals surface area contributed by atoms with Gasteiger partial charge in [-0.25, -0.2) is 9.97 Å². The Labute approximate surface area is 94.7 Å². The van der Waals surface area contributed by atoms with Gasteiger partial charge in [0.1, 0.15) is 0 Å². The summed E-state index contributed by atoms with van der Waals surface area (Å²) >= 11 is 0. The topological polar surface area (TPSA) is 42.2 Å². The third-order valence-corrected chi connectivity index (χ3v) is 3.33. The van der Waals surface area contributed by atoms with Crippen molar-refractivity contribution in [3.8, 4) is 0 Å². The minimum Gasteiger partial charge on any atom is -0.311 e. The lowest BCUT2D eigenvalue weighted by atomic mass is 9.85. The van der Waals surface area contributed by atoms with Crippen LogP contribution in [0.25, 0.3) is 5.78 Å². The smallest absolute Gasteiger partial charge is 0.233 e. The van der Waals surface area contributed by atoms with Gasteiger partial charge < -0.3 is 5.32 Å². The van der Waals surface area contributed by atoms with Crippen molar-refractivity contribution in [3.05, 3.63) is 30.4 Å². The summed E-state index contributed by atoms with van der Waals surface area (Å²) in [6.07, 6.45) is 9.87. The number of rotatable bonds is 4. The van der Waals surface area contributed by atoms with Gasteiger partial charge in [0.15, 0.2) is 0 Å². The number of aromatic nitrogens is 3. The fourth-order valence-electron chi connectivity index (χ4n) is 2.11. The number of fused-ring (bicyclic) bond motifs is 1. The second-order valence-corrected chi connectivity index (χ2v) is 4.47. The van der Waals surface area contributed by atoms with Crippen molar-refractivity contribution >= 4 is 5.78 Å². The van der Waals surface area contributed by atoms with Crippen molar-refractivity contribution in [2.24, 2.45) is 5.92 Å². The Bertz CT molecular complexity index is 473.